The van der Waals surface area contributed by atoms with E-state index in [-0.39, 0.29) is 5.69 Å². The van der Waals surface area contributed by atoms with Crippen LogP contribution in [0.25, 0.3) is 0 Å². The Morgan fingerprint density at radius 1 is 0.967 bits per heavy atom. The number of rotatable bonds is 10. The lowest BCUT2D eigenvalue weighted by molar-refractivity contribution is -0.385. The number of nitrogens with two attached hydrogens (primary N) is 1. The first-order valence-corrected chi connectivity index (χ1v) is 9.29. The van der Waals surface area contributed by atoms with Crippen LogP contribution < -0.4 is 24.7 Å². The number of hydrogen-bond donors (Lipinski definition) is 1. The molecule has 2 rings (SSSR count). The number of ether oxygens (including phenoxy) is 4. The predicted molar refractivity (Wildman–Crippen MR) is 117 cm³/mol. The zero-order valence-corrected chi connectivity index (χ0v) is 17.8. The van der Waals surface area contributed by atoms with Crippen molar-refractivity contribution in [1.29, 1.82) is 0 Å². The number of methoxy groups -OCH3 is 2. The van der Waals surface area contributed by atoms with Crippen LogP contribution in [0.4, 0.5) is 11.4 Å². The van der Waals surface area contributed by atoms with E-state index in [1.807, 2.05) is 13.0 Å². The highest BCUT2D eigenvalue weighted by molar-refractivity contribution is 5.58. The Labute approximate surface area is 177 Å². The van der Waals surface area contributed by atoms with E-state index in [1.54, 1.807) is 26.2 Å². The lowest BCUT2D eigenvalue weighted by Gasteiger charge is -2.14. The lowest BCUT2D eigenvalue weighted by atomic mass is 10.1. The Kier molecular flexibility index (Phi) is 9.83. The van der Waals surface area contributed by atoms with Crippen molar-refractivity contribution >= 4 is 11.4 Å². The van der Waals surface area contributed by atoms with Gasteiger partial charge in [0, 0.05) is 23.7 Å². The Hall–Kier alpha value is -3.60. The molecule has 0 bridgehead atoms. The van der Waals surface area contributed by atoms with Gasteiger partial charge in [-0.15, -0.1) is 12.8 Å². The molecule has 0 atom stereocenters. The molecule has 0 aromatic heterocycles. The normalized spacial score (nSPS) is 9.80. The van der Waals surface area contributed by atoms with Gasteiger partial charge < -0.3 is 24.7 Å². The molecule has 0 heterocycles. The van der Waals surface area contributed by atoms with Crippen molar-refractivity contribution in [3.05, 3.63) is 45.5 Å². The van der Waals surface area contributed by atoms with Crippen molar-refractivity contribution in [1.82, 2.24) is 0 Å². The number of nitro benzene ring substituents is 1. The van der Waals surface area contributed by atoms with Crippen molar-refractivity contribution in [3.63, 3.8) is 0 Å². The second kappa shape index (κ2) is 12.1. The first-order chi connectivity index (χ1) is 14.4. The maximum absolute atomic E-state index is 11.1. The SMILES string of the molecule is C#C.CCc1cc(OC)c(OCCCOc2cc([N+](=O)[O-])c(C)cc2OC)cc1N. The zero-order chi connectivity index (χ0) is 22.7. The molecular weight excluding hydrogens is 388 g/mol. The molecule has 0 spiro atoms. The Morgan fingerprint density at radius 2 is 1.50 bits per heavy atom. The van der Waals surface area contributed by atoms with E-state index in [0.717, 1.165) is 12.0 Å². The Bertz CT molecular complexity index is 880. The molecule has 0 aliphatic heterocycles. The second-order valence-corrected chi connectivity index (χ2v) is 6.15. The molecule has 0 saturated heterocycles. The largest absolute Gasteiger partial charge is 0.493 e. The molecule has 2 N–H and O–H groups in total. The van der Waals surface area contributed by atoms with Crippen molar-refractivity contribution in [3.8, 4) is 35.8 Å². The van der Waals surface area contributed by atoms with Gasteiger partial charge in [-0.25, -0.2) is 0 Å². The molecule has 0 radical (unpaired) electrons. The third-order valence-corrected chi connectivity index (χ3v) is 4.29. The number of benzene rings is 2. The summed E-state index contributed by atoms with van der Waals surface area (Å²) in [5, 5.41) is 11.1. The number of aryl methyl sites for hydroxylation is 2. The van der Waals surface area contributed by atoms with Crippen LogP contribution in [-0.4, -0.2) is 32.4 Å². The van der Waals surface area contributed by atoms with Gasteiger partial charge in [0.05, 0.1) is 38.4 Å². The van der Waals surface area contributed by atoms with Crippen LogP contribution in [0.1, 0.15) is 24.5 Å². The molecule has 0 fully saturated rings. The van der Waals surface area contributed by atoms with Gasteiger partial charge in [0.1, 0.15) is 0 Å². The molecule has 0 aliphatic carbocycles. The summed E-state index contributed by atoms with van der Waals surface area (Å²) in [6.07, 6.45) is 9.37. The summed E-state index contributed by atoms with van der Waals surface area (Å²) in [4.78, 5) is 10.7. The molecule has 0 saturated carbocycles. The summed E-state index contributed by atoms with van der Waals surface area (Å²) in [7, 11) is 3.07. The highest BCUT2D eigenvalue weighted by Crippen LogP contribution is 2.35. The molecule has 2 aromatic carbocycles. The topological polar surface area (TPSA) is 106 Å². The predicted octanol–water partition coefficient (Wildman–Crippen LogP) is 4.16. The fourth-order valence-electron chi connectivity index (χ4n) is 2.74. The van der Waals surface area contributed by atoms with E-state index >= 15 is 0 Å². The molecule has 8 heteroatoms. The van der Waals surface area contributed by atoms with E-state index in [1.165, 1.54) is 13.2 Å². The van der Waals surface area contributed by atoms with E-state index in [2.05, 4.69) is 12.8 Å². The number of nitro groups is 1. The monoisotopic (exact) mass is 416 g/mol. The first kappa shape index (κ1) is 24.4. The van der Waals surface area contributed by atoms with Gasteiger partial charge in [-0.1, -0.05) is 6.92 Å². The lowest BCUT2D eigenvalue weighted by Crippen LogP contribution is -2.07. The molecule has 162 valence electrons. The van der Waals surface area contributed by atoms with Gasteiger partial charge in [-0.05, 0) is 31.0 Å². The molecular formula is C22H28N2O6. The minimum Gasteiger partial charge on any atom is -0.493 e. The van der Waals surface area contributed by atoms with Gasteiger partial charge in [0.15, 0.2) is 23.0 Å². The molecule has 0 aliphatic rings. The number of terminal acetylenes is 1. The molecule has 30 heavy (non-hydrogen) atoms. The van der Waals surface area contributed by atoms with E-state index < -0.39 is 4.92 Å². The quantitative estimate of drug-likeness (QED) is 0.204. The smallest absolute Gasteiger partial charge is 0.276 e. The summed E-state index contributed by atoms with van der Waals surface area (Å²) < 4.78 is 22.0. The average molecular weight is 416 g/mol. The third-order valence-electron chi connectivity index (χ3n) is 4.29. The van der Waals surface area contributed by atoms with Gasteiger partial charge in [0.2, 0.25) is 0 Å². The molecule has 0 unspecified atom stereocenters. The Balaban J connectivity index is 0.00000218. The first-order valence-electron chi connectivity index (χ1n) is 9.29. The summed E-state index contributed by atoms with van der Waals surface area (Å²) in [5.74, 6) is 1.98. The highest BCUT2D eigenvalue weighted by atomic mass is 16.6. The van der Waals surface area contributed by atoms with Gasteiger partial charge >= 0.3 is 0 Å². The van der Waals surface area contributed by atoms with Crippen LogP contribution >= 0.6 is 0 Å². The number of anilines is 1. The maximum Gasteiger partial charge on any atom is 0.276 e. The number of hydrogen-bond acceptors (Lipinski definition) is 7. The maximum atomic E-state index is 11.1. The van der Waals surface area contributed by atoms with E-state index in [4.69, 9.17) is 24.7 Å². The summed E-state index contributed by atoms with van der Waals surface area (Å²) in [5.41, 5.74) is 8.18. The molecule has 0 amide bonds. The summed E-state index contributed by atoms with van der Waals surface area (Å²) >= 11 is 0. The van der Waals surface area contributed by atoms with Crippen LogP contribution in [0.2, 0.25) is 0 Å². The van der Waals surface area contributed by atoms with Crippen LogP contribution in [0, 0.1) is 29.9 Å². The molecule has 2 aromatic rings. The fourth-order valence-corrected chi connectivity index (χ4v) is 2.74. The average Bonchev–Trinajstić information content (AvgIpc) is 2.75. The fraction of sp³-hybridized carbons (Fsp3) is 0.364. The standard InChI is InChI=1S/C20H26N2O6.C2H2/c1-5-14-10-18(26-4)19(11-15(14)21)27-7-6-8-28-20-12-16(22(23)24)13(2)9-17(20)25-3;1-2/h9-12H,5-8,21H2,1-4H3;1-2H. The van der Waals surface area contributed by atoms with Gasteiger partial charge in [-0.3, -0.25) is 10.1 Å². The van der Waals surface area contributed by atoms with Crippen molar-refractivity contribution in [2.45, 2.75) is 26.7 Å². The van der Waals surface area contributed by atoms with Gasteiger partial charge in [-0.2, -0.15) is 0 Å². The minimum atomic E-state index is -0.443. The van der Waals surface area contributed by atoms with Crippen molar-refractivity contribution in [2.24, 2.45) is 0 Å². The van der Waals surface area contributed by atoms with E-state index in [0.29, 0.717) is 53.9 Å². The number of nitrogens with zero attached hydrogens (tertiary/aromatic N) is 1. The second-order valence-electron chi connectivity index (χ2n) is 6.15. The molecule has 8 nitrogen and oxygen atoms in total. The van der Waals surface area contributed by atoms with Crippen molar-refractivity contribution in [2.75, 3.05) is 33.2 Å². The van der Waals surface area contributed by atoms with Gasteiger partial charge in [0.25, 0.3) is 5.69 Å². The summed E-state index contributed by atoms with van der Waals surface area (Å²) in [6.45, 7) is 4.35. The van der Waals surface area contributed by atoms with Crippen LogP contribution in [0.15, 0.2) is 24.3 Å². The Morgan fingerprint density at radius 3 is 2.00 bits per heavy atom. The minimum absolute atomic E-state index is 0.0109. The van der Waals surface area contributed by atoms with E-state index in [9.17, 15) is 10.1 Å². The van der Waals surface area contributed by atoms with Crippen LogP contribution in [-0.2, 0) is 6.42 Å². The number of nitrogen functional groups attached to an aromatic ring is 1. The van der Waals surface area contributed by atoms with Crippen molar-refractivity contribution < 1.29 is 23.9 Å². The summed E-state index contributed by atoms with van der Waals surface area (Å²) in [6, 6.07) is 6.59. The highest BCUT2D eigenvalue weighted by Gasteiger charge is 2.17. The van der Waals surface area contributed by atoms with Crippen LogP contribution in [0.5, 0.6) is 23.0 Å². The zero-order valence-electron chi connectivity index (χ0n) is 17.8. The third kappa shape index (κ3) is 6.21. The van der Waals surface area contributed by atoms with Crippen LogP contribution in [0.3, 0.4) is 0 Å².